The highest BCUT2D eigenvalue weighted by atomic mass is 35.5. The number of nitrogens with zero attached hydrogens (tertiary/aromatic N) is 4. The molecule has 1 amide bonds. The van der Waals surface area contributed by atoms with Crippen LogP contribution in [0.2, 0.25) is 5.02 Å². The lowest BCUT2D eigenvalue weighted by Crippen LogP contribution is -2.16. The highest BCUT2D eigenvalue weighted by molar-refractivity contribution is 8.00. The first kappa shape index (κ1) is 18.7. The number of tetrazole rings is 1. The summed E-state index contributed by atoms with van der Waals surface area (Å²) in [6.45, 7) is 1.97. The van der Waals surface area contributed by atoms with E-state index >= 15 is 0 Å². The second-order valence-corrected chi connectivity index (χ2v) is 8.42. The summed E-state index contributed by atoms with van der Waals surface area (Å²) in [5.74, 6) is 0.322. The lowest BCUT2D eigenvalue weighted by Gasteiger charge is -2.13. The Balaban J connectivity index is 2.44. The summed E-state index contributed by atoms with van der Waals surface area (Å²) in [5, 5.41) is 13.3. The van der Waals surface area contributed by atoms with E-state index in [1.165, 1.54) is 28.6 Å². The molecule has 0 unspecified atom stereocenters. The number of carbonyl (C=O) groups is 1. The van der Waals surface area contributed by atoms with Crippen LogP contribution in [0, 0.1) is 0 Å². The lowest BCUT2D eigenvalue weighted by molar-refractivity contribution is 0.102. The fourth-order valence-corrected chi connectivity index (χ4v) is 4.56. The standard InChI is InChI=1S/C13H16ClN5O3S2/c1-4-7-23-11-9(24(3,21)22)6-5-8(10(11)14)12(20)15-13-16-17-18-19(13)2/h5-6H,4,7H2,1-3H3,(H,15,16,18,20). The van der Waals surface area contributed by atoms with Gasteiger partial charge in [0.1, 0.15) is 0 Å². The highest BCUT2D eigenvalue weighted by Gasteiger charge is 2.22. The summed E-state index contributed by atoms with van der Waals surface area (Å²) in [4.78, 5) is 12.9. The normalized spacial score (nSPS) is 11.5. The van der Waals surface area contributed by atoms with E-state index in [2.05, 4.69) is 20.8 Å². The molecule has 0 atom stereocenters. The maximum absolute atomic E-state index is 12.4. The monoisotopic (exact) mass is 389 g/mol. The molecule has 1 aromatic heterocycles. The summed E-state index contributed by atoms with van der Waals surface area (Å²) in [7, 11) is -1.88. The molecule has 0 saturated carbocycles. The number of aryl methyl sites for hydroxylation is 1. The number of hydrogen-bond acceptors (Lipinski definition) is 7. The van der Waals surface area contributed by atoms with Gasteiger partial charge in [-0.05, 0) is 34.7 Å². The number of aromatic nitrogens is 4. The number of thioether (sulfide) groups is 1. The molecule has 0 aliphatic carbocycles. The zero-order valence-electron chi connectivity index (χ0n) is 13.3. The Kier molecular flexibility index (Phi) is 5.83. The number of anilines is 1. The predicted molar refractivity (Wildman–Crippen MR) is 92.3 cm³/mol. The fourth-order valence-electron chi connectivity index (χ4n) is 1.85. The SMILES string of the molecule is CCCSc1c(S(C)(=O)=O)ccc(C(=O)Nc2nnnn2C)c1Cl. The van der Waals surface area contributed by atoms with Crippen LogP contribution in [0.3, 0.4) is 0 Å². The first-order chi connectivity index (χ1) is 11.3. The van der Waals surface area contributed by atoms with Crippen LogP contribution in [-0.4, -0.2) is 46.5 Å². The minimum atomic E-state index is -3.46. The Hall–Kier alpha value is -1.65. The number of rotatable bonds is 6. The highest BCUT2D eigenvalue weighted by Crippen LogP contribution is 2.36. The molecule has 1 aromatic carbocycles. The Morgan fingerprint density at radius 2 is 2.12 bits per heavy atom. The van der Waals surface area contributed by atoms with Gasteiger partial charge in [-0.25, -0.2) is 13.1 Å². The molecule has 130 valence electrons. The molecule has 2 aromatic rings. The van der Waals surface area contributed by atoms with Crippen molar-refractivity contribution in [3.63, 3.8) is 0 Å². The van der Waals surface area contributed by atoms with Gasteiger partial charge in [-0.15, -0.1) is 11.8 Å². The van der Waals surface area contributed by atoms with E-state index < -0.39 is 15.7 Å². The van der Waals surface area contributed by atoms with Gasteiger partial charge in [0.05, 0.1) is 15.5 Å². The first-order valence-electron chi connectivity index (χ1n) is 6.94. The molecular weight excluding hydrogens is 374 g/mol. The van der Waals surface area contributed by atoms with Crippen LogP contribution in [0.5, 0.6) is 0 Å². The Morgan fingerprint density at radius 3 is 2.67 bits per heavy atom. The van der Waals surface area contributed by atoms with Crippen molar-refractivity contribution in [3.8, 4) is 0 Å². The summed E-state index contributed by atoms with van der Waals surface area (Å²) in [6.07, 6.45) is 1.95. The van der Waals surface area contributed by atoms with Gasteiger partial charge in [-0.2, -0.15) is 0 Å². The van der Waals surface area contributed by atoms with E-state index in [1.807, 2.05) is 6.92 Å². The van der Waals surface area contributed by atoms with Crippen LogP contribution in [-0.2, 0) is 16.9 Å². The van der Waals surface area contributed by atoms with Gasteiger partial charge in [0.15, 0.2) is 9.84 Å². The van der Waals surface area contributed by atoms with Crippen molar-refractivity contribution in [2.75, 3.05) is 17.3 Å². The van der Waals surface area contributed by atoms with E-state index in [4.69, 9.17) is 11.6 Å². The number of benzene rings is 1. The second-order valence-electron chi connectivity index (χ2n) is 4.96. The molecule has 11 heteroatoms. The Bertz CT molecular complexity index is 866. The average Bonchev–Trinajstić information content (AvgIpc) is 2.89. The maximum Gasteiger partial charge on any atom is 0.259 e. The molecule has 0 radical (unpaired) electrons. The Morgan fingerprint density at radius 1 is 1.42 bits per heavy atom. The van der Waals surface area contributed by atoms with Gasteiger partial charge in [-0.3, -0.25) is 10.1 Å². The van der Waals surface area contributed by atoms with E-state index in [1.54, 1.807) is 7.05 Å². The number of hydrogen-bond donors (Lipinski definition) is 1. The van der Waals surface area contributed by atoms with Gasteiger partial charge >= 0.3 is 0 Å². The average molecular weight is 390 g/mol. The van der Waals surface area contributed by atoms with Crippen molar-refractivity contribution in [2.45, 2.75) is 23.1 Å². The molecule has 2 rings (SSSR count). The van der Waals surface area contributed by atoms with Crippen LogP contribution >= 0.6 is 23.4 Å². The van der Waals surface area contributed by atoms with E-state index in [-0.39, 0.29) is 21.4 Å². The van der Waals surface area contributed by atoms with E-state index in [0.29, 0.717) is 10.6 Å². The van der Waals surface area contributed by atoms with Crippen molar-refractivity contribution in [1.29, 1.82) is 0 Å². The second kappa shape index (κ2) is 7.49. The molecule has 0 saturated heterocycles. The largest absolute Gasteiger partial charge is 0.289 e. The molecule has 0 aliphatic heterocycles. The maximum atomic E-state index is 12.4. The van der Waals surface area contributed by atoms with Crippen LogP contribution in [0.25, 0.3) is 0 Å². The minimum absolute atomic E-state index is 0.101. The Labute approximate surface area is 148 Å². The molecule has 1 N–H and O–H groups in total. The van der Waals surface area contributed by atoms with Crippen molar-refractivity contribution in [1.82, 2.24) is 20.2 Å². The molecular formula is C13H16ClN5O3S2. The molecule has 0 bridgehead atoms. The predicted octanol–water partition coefficient (Wildman–Crippen LogP) is 2.02. The molecule has 8 nitrogen and oxygen atoms in total. The third-order valence-electron chi connectivity index (χ3n) is 3.00. The smallest absolute Gasteiger partial charge is 0.259 e. The van der Waals surface area contributed by atoms with Crippen molar-refractivity contribution < 1.29 is 13.2 Å². The molecule has 1 heterocycles. The fraction of sp³-hybridized carbons (Fsp3) is 0.385. The van der Waals surface area contributed by atoms with Crippen LogP contribution in [0.4, 0.5) is 5.95 Å². The van der Waals surface area contributed by atoms with E-state index in [0.717, 1.165) is 12.7 Å². The summed E-state index contributed by atoms with van der Waals surface area (Å²) < 4.78 is 25.2. The van der Waals surface area contributed by atoms with Gasteiger partial charge in [-0.1, -0.05) is 23.6 Å². The topological polar surface area (TPSA) is 107 Å². The summed E-state index contributed by atoms with van der Waals surface area (Å²) in [6, 6.07) is 2.77. The van der Waals surface area contributed by atoms with Gasteiger partial charge in [0, 0.05) is 18.2 Å². The third-order valence-corrected chi connectivity index (χ3v) is 6.10. The van der Waals surface area contributed by atoms with Gasteiger partial charge in [0.2, 0.25) is 5.95 Å². The van der Waals surface area contributed by atoms with Crippen molar-refractivity contribution in [3.05, 3.63) is 22.7 Å². The van der Waals surface area contributed by atoms with Crippen molar-refractivity contribution in [2.24, 2.45) is 7.05 Å². The molecule has 0 spiro atoms. The molecule has 0 aliphatic rings. The zero-order valence-corrected chi connectivity index (χ0v) is 15.7. The third kappa shape index (κ3) is 4.05. The van der Waals surface area contributed by atoms with Crippen LogP contribution in [0.15, 0.2) is 21.9 Å². The van der Waals surface area contributed by atoms with E-state index in [9.17, 15) is 13.2 Å². The van der Waals surface area contributed by atoms with Crippen molar-refractivity contribution >= 4 is 45.1 Å². The zero-order chi connectivity index (χ0) is 17.9. The molecule has 24 heavy (non-hydrogen) atoms. The first-order valence-corrected chi connectivity index (χ1v) is 10.2. The molecule has 0 fully saturated rings. The van der Waals surface area contributed by atoms with Crippen LogP contribution in [0.1, 0.15) is 23.7 Å². The summed E-state index contributed by atoms with van der Waals surface area (Å²) >= 11 is 7.63. The number of sulfone groups is 1. The van der Waals surface area contributed by atoms with Crippen LogP contribution < -0.4 is 5.32 Å². The number of nitrogens with one attached hydrogen (secondary N) is 1. The number of amides is 1. The number of halogens is 1. The minimum Gasteiger partial charge on any atom is -0.289 e. The lowest BCUT2D eigenvalue weighted by atomic mass is 10.2. The van der Waals surface area contributed by atoms with Gasteiger partial charge in [0.25, 0.3) is 5.91 Å². The number of carbonyl (C=O) groups excluding carboxylic acids is 1. The quantitative estimate of drug-likeness (QED) is 0.753. The summed E-state index contributed by atoms with van der Waals surface area (Å²) in [5.41, 5.74) is 0.158. The van der Waals surface area contributed by atoms with Gasteiger partial charge < -0.3 is 0 Å².